The summed E-state index contributed by atoms with van der Waals surface area (Å²) < 4.78 is 4.84. The monoisotopic (exact) mass is 406 g/mol. The maximum atomic E-state index is 12.5. The molecular weight excluding hydrogens is 384 g/mol. The highest BCUT2D eigenvalue weighted by molar-refractivity contribution is 7.18. The van der Waals surface area contributed by atoms with Crippen LogP contribution < -0.4 is 16.2 Å². The average Bonchev–Trinajstić information content (AvgIpc) is 3.03. The Kier molecular flexibility index (Phi) is 6.40. The van der Waals surface area contributed by atoms with Gasteiger partial charge in [-0.3, -0.25) is 19.7 Å². The van der Waals surface area contributed by atoms with Crippen LogP contribution in [0.15, 0.2) is 4.79 Å². The Balaban J connectivity index is 1.55. The molecule has 1 aliphatic carbocycles. The first kappa shape index (κ1) is 20.0. The number of aryl methyl sites for hydroxylation is 3. The summed E-state index contributed by atoms with van der Waals surface area (Å²) in [5.74, 6) is -0.907. The number of thiophene rings is 1. The maximum Gasteiger partial charge on any atom is 0.321 e. The van der Waals surface area contributed by atoms with Gasteiger partial charge in [0.05, 0.1) is 11.8 Å². The molecule has 0 spiro atoms. The standard InChI is InChI=1S/C18H22N4O5S/c1-2-19-18(26)22-13(23)9-27-14(24)8-7-12-20-16(25)15-10-5-3-4-6-11(10)28-17(15)21-12/h2-9H2,1H3,(H,20,21,25)(H2,19,22,23,26). The van der Waals surface area contributed by atoms with Gasteiger partial charge in [0.15, 0.2) is 6.61 Å². The minimum atomic E-state index is -0.712. The molecule has 10 heteroatoms. The van der Waals surface area contributed by atoms with Gasteiger partial charge in [-0.2, -0.15) is 0 Å². The van der Waals surface area contributed by atoms with Crippen molar-refractivity contribution in [3.8, 4) is 0 Å². The molecule has 2 heterocycles. The zero-order chi connectivity index (χ0) is 20.1. The van der Waals surface area contributed by atoms with Gasteiger partial charge in [0.25, 0.3) is 11.5 Å². The predicted octanol–water partition coefficient (Wildman–Crippen LogP) is 1.18. The number of fused-ring (bicyclic) bond motifs is 3. The van der Waals surface area contributed by atoms with Crippen molar-refractivity contribution in [2.75, 3.05) is 13.2 Å². The minimum absolute atomic E-state index is 0.0338. The number of H-pyrrole nitrogens is 1. The van der Waals surface area contributed by atoms with Crippen LogP contribution >= 0.6 is 11.3 Å². The molecule has 0 bridgehead atoms. The number of ether oxygens (including phenoxy) is 1. The van der Waals surface area contributed by atoms with E-state index in [2.05, 4.69) is 15.3 Å². The summed E-state index contributed by atoms with van der Waals surface area (Å²) in [6, 6.07) is -0.641. The van der Waals surface area contributed by atoms with Gasteiger partial charge < -0.3 is 15.0 Å². The van der Waals surface area contributed by atoms with Crippen LogP contribution in [0.3, 0.4) is 0 Å². The summed E-state index contributed by atoms with van der Waals surface area (Å²) in [5, 5.41) is 5.11. The molecule has 0 unspecified atom stereocenters. The molecule has 2 aromatic rings. The number of carbonyl (C=O) groups excluding carboxylic acids is 3. The van der Waals surface area contributed by atoms with E-state index >= 15 is 0 Å². The molecule has 0 radical (unpaired) electrons. The van der Waals surface area contributed by atoms with E-state index in [9.17, 15) is 19.2 Å². The van der Waals surface area contributed by atoms with Crippen LogP contribution in [0.4, 0.5) is 4.79 Å². The molecule has 9 nitrogen and oxygen atoms in total. The first-order valence-corrected chi connectivity index (χ1v) is 10.1. The molecule has 0 atom stereocenters. The van der Waals surface area contributed by atoms with E-state index < -0.39 is 24.5 Å². The van der Waals surface area contributed by atoms with Gasteiger partial charge in [-0.25, -0.2) is 9.78 Å². The van der Waals surface area contributed by atoms with Crippen molar-refractivity contribution in [2.24, 2.45) is 0 Å². The van der Waals surface area contributed by atoms with Crippen molar-refractivity contribution in [3.63, 3.8) is 0 Å². The first-order chi connectivity index (χ1) is 13.5. The second-order valence-electron chi connectivity index (χ2n) is 6.47. The number of aromatic nitrogens is 2. The molecule has 0 saturated heterocycles. The molecule has 1 aliphatic rings. The summed E-state index contributed by atoms with van der Waals surface area (Å²) in [6.45, 7) is 1.55. The van der Waals surface area contributed by atoms with Gasteiger partial charge in [-0.1, -0.05) is 0 Å². The van der Waals surface area contributed by atoms with Crippen molar-refractivity contribution in [1.29, 1.82) is 0 Å². The van der Waals surface area contributed by atoms with E-state index in [0.29, 0.717) is 22.6 Å². The lowest BCUT2D eigenvalue weighted by molar-refractivity contribution is -0.148. The van der Waals surface area contributed by atoms with Crippen LogP contribution in [-0.4, -0.2) is 41.0 Å². The Morgan fingerprint density at radius 2 is 2.04 bits per heavy atom. The third kappa shape index (κ3) is 4.75. The van der Waals surface area contributed by atoms with E-state index in [1.54, 1.807) is 18.3 Å². The third-order valence-corrected chi connectivity index (χ3v) is 5.58. The highest BCUT2D eigenvalue weighted by Crippen LogP contribution is 2.33. The number of aromatic amines is 1. The van der Waals surface area contributed by atoms with E-state index in [1.165, 1.54) is 4.88 Å². The summed E-state index contributed by atoms with van der Waals surface area (Å²) in [4.78, 5) is 56.1. The normalized spacial score (nSPS) is 13.0. The smallest absolute Gasteiger partial charge is 0.321 e. The molecule has 3 rings (SSSR count). The molecule has 0 aromatic carbocycles. The van der Waals surface area contributed by atoms with Gasteiger partial charge >= 0.3 is 12.0 Å². The first-order valence-electron chi connectivity index (χ1n) is 9.24. The highest BCUT2D eigenvalue weighted by atomic mass is 32.1. The fourth-order valence-electron chi connectivity index (χ4n) is 3.13. The zero-order valence-electron chi connectivity index (χ0n) is 15.6. The van der Waals surface area contributed by atoms with Gasteiger partial charge in [-0.05, 0) is 38.2 Å². The number of hydrogen-bond acceptors (Lipinski definition) is 7. The lowest BCUT2D eigenvalue weighted by atomic mass is 9.97. The van der Waals surface area contributed by atoms with E-state index in [0.717, 1.165) is 31.2 Å². The maximum absolute atomic E-state index is 12.5. The average molecular weight is 406 g/mol. The van der Waals surface area contributed by atoms with Crippen molar-refractivity contribution >= 4 is 39.5 Å². The summed E-state index contributed by atoms with van der Waals surface area (Å²) in [6.07, 6.45) is 4.27. The Morgan fingerprint density at radius 3 is 2.82 bits per heavy atom. The molecule has 28 heavy (non-hydrogen) atoms. The predicted molar refractivity (Wildman–Crippen MR) is 103 cm³/mol. The molecule has 3 N–H and O–H groups in total. The number of esters is 1. The Labute approximate surface area is 164 Å². The van der Waals surface area contributed by atoms with Crippen LogP contribution in [0, 0.1) is 0 Å². The van der Waals surface area contributed by atoms with Crippen LogP contribution in [-0.2, 0) is 33.6 Å². The number of hydrogen-bond donors (Lipinski definition) is 3. The van der Waals surface area contributed by atoms with Gasteiger partial charge in [0.1, 0.15) is 10.7 Å². The molecule has 3 amide bonds. The van der Waals surface area contributed by atoms with Gasteiger partial charge in [-0.15, -0.1) is 11.3 Å². The third-order valence-electron chi connectivity index (χ3n) is 4.39. The zero-order valence-corrected chi connectivity index (χ0v) is 16.4. The molecule has 0 fully saturated rings. The second-order valence-corrected chi connectivity index (χ2v) is 7.56. The lowest BCUT2D eigenvalue weighted by Crippen LogP contribution is -2.41. The number of urea groups is 1. The van der Waals surface area contributed by atoms with Gasteiger partial charge in [0.2, 0.25) is 0 Å². The Hall–Kier alpha value is -2.75. The number of nitrogens with one attached hydrogen (secondary N) is 3. The Bertz CT molecular complexity index is 965. The largest absolute Gasteiger partial charge is 0.456 e. The number of imide groups is 1. The summed E-state index contributed by atoms with van der Waals surface area (Å²) in [5.41, 5.74) is 0.943. The SMILES string of the molecule is CCNC(=O)NC(=O)COC(=O)CCc1nc2sc3c(c2c(=O)[nH]1)CCCC3. The summed E-state index contributed by atoms with van der Waals surface area (Å²) >= 11 is 1.55. The van der Waals surface area contributed by atoms with E-state index in [1.807, 2.05) is 5.32 Å². The van der Waals surface area contributed by atoms with Gasteiger partial charge in [0, 0.05) is 17.8 Å². The fraction of sp³-hybridized carbons (Fsp3) is 0.500. The van der Waals surface area contributed by atoms with Crippen LogP contribution in [0.5, 0.6) is 0 Å². The quantitative estimate of drug-likeness (QED) is 0.618. The second kappa shape index (κ2) is 8.96. The van der Waals surface area contributed by atoms with Crippen LogP contribution in [0.25, 0.3) is 10.2 Å². The fourth-order valence-corrected chi connectivity index (χ4v) is 4.41. The van der Waals surface area contributed by atoms with Crippen LogP contribution in [0.1, 0.15) is 42.5 Å². The molecule has 150 valence electrons. The van der Waals surface area contributed by atoms with Crippen molar-refractivity contribution in [3.05, 3.63) is 26.6 Å². The van der Waals surface area contributed by atoms with Crippen molar-refractivity contribution in [2.45, 2.75) is 45.4 Å². The van der Waals surface area contributed by atoms with Crippen LogP contribution in [0.2, 0.25) is 0 Å². The Morgan fingerprint density at radius 1 is 1.25 bits per heavy atom. The number of nitrogens with zero attached hydrogens (tertiary/aromatic N) is 1. The number of rotatable bonds is 6. The minimum Gasteiger partial charge on any atom is -0.456 e. The van der Waals surface area contributed by atoms with E-state index in [4.69, 9.17) is 4.74 Å². The molecule has 0 aliphatic heterocycles. The van der Waals surface area contributed by atoms with Crippen molar-refractivity contribution in [1.82, 2.24) is 20.6 Å². The number of carbonyl (C=O) groups is 3. The highest BCUT2D eigenvalue weighted by Gasteiger charge is 2.20. The molecular formula is C18H22N4O5S. The van der Waals surface area contributed by atoms with E-state index in [-0.39, 0.29) is 18.4 Å². The summed E-state index contributed by atoms with van der Waals surface area (Å²) in [7, 11) is 0. The topological polar surface area (TPSA) is 130 Å². The molecule has 2 aromatic heterocycles. The molecule has 0 saturated carbocycles. The lowest BCUT2D eigenvalue weighted by Gasteiger charge is -2.09. The number of amides is 3. The van der Waals surface area contributed by atoms with Crippen molar-refractivity contribution < 1.29 is 19.1 Å².